The van der Waals surface area contributed by atoms with Crippen LogP contribution in [-0.4, -0.2) is 20.6 Å². The molecule has 146 valence electrons. The van der Waals surface area contributed by atoms with Gasteiger partial charge in [0.2, 0.25) is 0 Å². The van der Waals surface area contributed by atoms with E-state index in [4.69, 9.17) is 4.98 Å². The van der Waals surface area contributed by atoms with Crippen LogP contribution < -0.4 is 10.9 Å². The first-order valence-corrected chi connectivity index (χ1v) is 10.7. The van der Waals surface area contributed by atoms with Gasteiger partial charge in [-0.3, -0.25) is 9.36 Å². The van der Waals surface area contributed by atoms with E-state index in [9.17, 15) is 4.79 Å². The van der Waals surface area contributed by atoms with Crippen LogP contribution in [0.5, 0.6) is 0 Å². The number of pyridine rings is 1. The number of anilines is 1. The van der Waals surface area contributed by atoms with Crippen LogP contribution in [0.1, 0.15) is 61.9 Å². The molecule has 2 N–H and O–H groups in total. The molecule has 1 aliphatic carbocycles. The average molecular weight is 377 g/mol. The second-order valence-corrected chi connectivity index (χ2v) is 8.35. The van der Waals surface area contributed by atoms with E-state index in [2.05, 4.69) is 41.5 Å². The van der Waals surface area contributed by atoms with Gasteiger partial charge in [-0.1, -0.05) is 56.5 Å². The van der Waals surface area contributed by atoms with Crippen molar-refractivity contribution in [2.45, 2.75) is 70.4 Å². The Bertz CT molecular complexity index is 1040. The number of nitrogens with one attached hydrogen (secondary N) is 2. The van der Waals surface area contributed by atoms with Crippen molar-refractivity contribution in [3.8, 4) is 0 Å². The van der Waals surface area contributed by atoms with E-state index in [1.165, 1.54) is 31.2 Å². The van der Waals surface area contributed by atoms with E-state index in [0.29, 0.717) is 12.5 Å². The first-order valence-electron chi connectivity index (χ1n) is 10.7. The van der Waals surface area contributed by atoms with Gasteiger partial charge < -0.3 is 10.3 Å². The molecule has 1 aromatic carbocycles. The maximum Gasteiger partial charge on any atom is 0.257 e. The number of H-pyrrole nitrogens is 1. The topological polar surface area (TPSA) is 62.7 Å². The van der Waals surface area contributed by atoms with E-state index in [1.54, 1.807) is 0 Å². The summed E-state index contributed by atoms with van der Waals surface area (Å²) >= 11 is 0. The summed E-state index contributed by atoms with van der Waals surface area (Å²) in [6, 6.07) is 10.7. The number of hydrogen-bond acceptors (Lipinski definition) is 3. The van der Waals surface area contributed by atoms with Gasteiger partial charge >= 0.3 is 0 Å². The molecule has 2 aliphatic rings. The molecule has 0 amide bonds. The van der Waals surface area contributed by atoms with E-state index in [-0.39, 0.29) is 11.6 Å². The van der Waals surface area contributed by atoms with Crippen molar-refractivity contribution in [1.29, 1.82) is 0 Å². The fourth-order valence-corrected chi connectivity index (χ4v) is 4.95. The summed E-state index contributed by atoms with van der Waals surface area (Å²) < 4.78 is 1.94. The third-order valence-electron chi connectivity index (χ3n) is 6.33. The van der Waals surface area contributed by atoms with Crippen molar-refractivity contribution in [1.82, 2.24) is 14.5 Å². The molecule has 5 rings (SSSR count). The Kier molecular flexibility index (Phi) is 4.46. The van der Waals surface area contributed by atoms with Gasteiger partial charge in [0.15, 0.2) is 0 Å². The smallest absolute Gasteiger partial charge is 0.257 e. The molecule has 1 aliphatic heterocycles. The van der Waals surface area contributed by atoms with Crippen LogP contribution in [0.15, 0.2) is 35.1 Å². The van der Waals surface area contributed by atoms with Crippen LogP contribution in [0.4, 0.5) is 5.82 Å². The fourth-order valence-electron chi connectivity index (χ4n) is 4.95. The van der Waals surface area contributed by atoms with E-state index >= 15 is 0 Å². The molecule has 0 saturated heterocycles. The molecule has 3 aromatic rings. The molecule has 0 bridgehead atoms. The van der Waals surface area contributed by atoms with Crippen molar-refractivity contribution in [3.05, 3.63) is 57.6 Å². The summed E-state index contributed by atoms with van der Waals surface area (Å²) in [6.45, 7) is 2.84. The Labute approximate surface area is 165 Å². The Morgan fingerprint density at radius 2 is 1.96 bits per heavy atom. The first-order chi connectivity index (χ1) is 13.7. The van der Waals surface area contributed by atoms with Gasteiger partial charge in [-0.2, -0.15) is 0 Å². The highest BCUT2D eigenvalue weighted by molar-refractivity contribution is 5.89. The van der Waals surface area contributed by atoms with E-state index in [0.717, 1.165) is 47.5 Å². The Balaban J connectivity index is 1.56. The van der Waals surface area contributed by atoms with Crippen LogP contribution in [0.25, 0.3) is 11.0 Å². The minimum absolute atomic E-state index is 0.136. The summed E-state index contributed by atoms with van der Waals surface area (Å²) in [5.41, 5.74) is 4.23. The third kappa shape index (κ3) is 2.93. The Morgan fingerprint density at radius 3 is 2.71 bits per heavy atom. The molecule has 2 aromatic heterocycles. The lowest BCUT2D eigenvalue weighted by molar-refractivity contribution is 0.629. The zero-order chi connectivity index (χ0) is 19.1. The molecular formula is C23H28N4O. The number of nitrogens with zero attached hydrogens (tertiary/aromatic N) is 2. The van der Waals surface area contributed by atoms with Crippen molar-refractivity contribution in [2.75, 3.05) is 5.32 Å². The van der Waals surface area contributed by atoms with Crippen molar-refractivity contribution in [3.63, 3.8) is 0 Å². The largest absolute Gasteiger partial charge is 0.365 e. The normalized spacial score (nSPS) is 19.2. The van der Waals surface area contributed by atoms with E-state index in [1.807, 2.05) is 10.6 Å². The molecule has 3 heterocycles. The van der Waals surface area contributed by atoms with Gasteiger partial charge in [0.25, 0.3) is 5.56 Å². The van der Waals surface area contributed by atoms with Gasteiger partial charge in [-0.15, -0.1) is 0 Å². The number of aryl methyl sites for hydroxylation is 1. The van der Waals surface area contributed by atoms with Crippen LogP contribution in [0.2, 0.25) is 0 Å². The van der Waals surface area contributed by atoms with Gasteiger partial charge in [-0.25, -0.2) is 4.98 Å². The standard InChI is InChI=1S/C23H28N4O/c1-2-8-18-19-20(26-21(25-19)16-11-6-7-12-16)22-24-17(14-27(22)23(18)28)13-15-9-4-3-5-10-15/h3-5,9-10,16-17,24H,2,6-8,11-14H2,1H3,(H,25,26)/t17-/m1/s1. The number of benzene rings is 1. The number of aromatic amines is 1. The zero-order valence-electron chi connectivity index (χ0n) is 16.5. The lowest BCUT2D eigenvalue weighted by atomic mass is 10.1. The number of fused-ring (bicyclic) bond motifs is 3. The molecule has 0 unspecified atom stereocenters. The molecule has 5 heteroatoms. The van der Waals surface area contributed by atoms with Crippen molar-refractivity contribution < 1.29 is 0 Å². The maximum absolute atomic E-state index is 13.3. The van der Waals surface area contributed by atoms with Gasteiger partial charge in [0.05, 0.1) is 0 Å². The fraction of sp³-hybridized carbons (Fsp3) is 0.478. The summed E-state index contributed by atoms with van der Waals surface area (Å²) in [5.74, 6) is 2.52. The molecule has 0 radical (unpaired) electrons. The van der Waals surface area contributed by atoms with Gasteiger partial charge in [0, 0.05) is 24.1 Å². The maximum atomic E-state index is 13.3. The second kappa shape index (κ2) is 7.12. The lowest BCUT2D eigenvalue weighted by Crippen LogP contribution is -2.25. The molecule has 5 nitrogen and oxygen atoms in total. The number of aromatic nitrogens is 3. The zero-order valence-corrected chi connectivity index (χ0v) is 16.5. The summed E-state index contributed by atoms with van der Waals surface area (Å²) in [4.78, 5) is 21.8. The van der Waals surface area contributed by atoms with Gasteiger partial charge in [-0.05, 0) is 31.2 Å². The SMILES string of the molecule is CCCc1c(=O)n2c(c3[nH]c(C4CCCC4)nc13)N[C@H](Cc1ccccc1)C2. The van der Waals surface area contributed by atoms with Gasteiger partial charge in [0.1, 0.15) is 22.7 Å². The monoisotopic (exact) mass is 376 g/mol. The van der Waals surface area contributed by atoms with E-state index < -0.39 is 0 Å². The van der Waals surface area contributed by atoms with Crippen molar-refractivity contribution in [2.24, 2.45) is 0 Å². The summed E-state index contributed by atoms with van der Waals surface area (Å²) in [5, 5.41) is 3.63. The Morgan fingerprint density at radius 1 is 1.18 bits per heavy atom. The molecule has 1 fully saturated rings. The van der Waals surface area contributed by atoms with Crippen LogP contribution in [-0.2, 0) is 19.4 Å². The van der Waals surface area contributed by atoms with Crippen LogP contribution in [0.3, 0.4) is 0 Å². The molecule has 1 saturated carbocycles. The Hall–Kier alpha value is -2.56. The number of hydrogen-bond donors (Lipinski definition) is 2. The minimum atomic E-state index is 0.136. The molecular weight excluding hydrogens is 348 g/mol. The molecule has 28 heavy (non-hydrogen) atoms. The number of imidazole rings is 1. The van der Waals surface area contributed by atoms with Crippen LogP contribution >= 0.6 is 0 Å². The highest BCUT2D eigenvalue weighted by atomic mass is 16.1. The quantitative estimate of drug-likeness (QED) is 0.695. The summed E-state index contributed by atoms with van der Waals surface area (Å²) in [7, 11) is 0. The van der Waals surface area contributed by atoms with Crippen molar-refractivity contribution >= 4 is 16.9 Å². The third-order valence-corrected chi connectivity index (χ3v) is 6.33. The minimum Gasteiger partial charge on any atom is -0.365 e. The predicted octanol–water partition coefficient (Wildman–Crippen LogP) is 4.37. The molecule has 1 atom stereocenters. The van der Waals surface area contributed by atoms with Crippen LogP contribution in [0, 0.1) is 0 Å². The first kappa shape index (κ1) is 17.5. The highest BCUT2D eigenvalue weighted by Crippen LogP contribution is 2.36. The summed E-state index contributed by atoms with van der Waals surface area (Å²) in [6.07, 6.45) is 7.61. The second-order valence-electron chi connectivity index (χ2n) is 8.35. The average Bonchev–Trinajstić information content (AvgIpc) is 3.44. The highest BCUT2D eigenvalue weighted by Gasteiger charge is 2.29. The molecule has 0 spiro atoms. The number of rotatable bonds is 5. The lowest BCUT2D eigenvalue weighted by Gasteiger charge is -2.09. The predicted molar refractivity (Wildman–Crippen MR) is 113 cm³/mol.